The minimum atomic E-state index is 0.536. The van der Waals surface area contributed by atoms with Gasteiger partial charge in [0.2, 0.25) is 5.95 Å². The molecule has 348 valence electrons. The molecule has 9 nitrogen and oxygen atoms in total. The zero-order valence-corrected chi connectivity index (χ0v) is 40.0. The molecule has 0 N–H and O–H groups in total. The maximum atomic E-state index is 5.58. The van der Waals surface area contributed by atoms with E-state index in [1.165, 1.54) is 5.39 Å². The third-order valence-electron chi connectivity index (χ3n) is 14.9. The first-order chi connectivity index (χ1) is 37.2. The lowest BCUT2D eigenvalue weighted by Crippen LogP contribution is -2.07. The molecule has 0 aliphatic carbocycles. The lowest BCUT2D eigenvalue weighted by Gasteiger charge is -2.13. The Morgan fingerprint density at radius 1 is 0.227 bits per heavy atom. The van der Waals surface area contributed by atoms with Gasteiger partial charge in [0, 0.05) is 76.6 Å². The summed E-state index contributed by atoms with van der Waals surface area (Å²) in [5.74, 6) is 3.55. The van der Waals surface area contributed by atoms with Gasteiger partial charge in [-0.1, -0.05) is 188 Å². The topological polar surface area (TPSA) is 91.6 Å². The minimum Gasteiger partial charge on any atom is -0.308 e. The van der Waals surface area contributed by atoms with Crippen LogP contribution in [-0.4, -0.2) is 43.4 Å². The molecule has 16 aromatic rings. The van der Waals surface area contributed by atoms with Crippen molar-refractivity contribution >= 4 is 81.7 Å². The van der Waals surface area contributed by atoms with E-state index in [4.69, 9.17) is 29.9 Å². The van der Waals surface area contributed by atoms with E-state index in [9.17, 15) is 0 Å². The number of hydrogen-bond donors (Lipinski definition) is 0. The Labute approximate surface area is 428 Å². The normalized spacial score (nSPS) is 12.0. The van der Waals surface area contributed by atoms with Crippen molar-refractivity contribution in [3.63, 3.8) is 0 Å². The number of benzene rings is 10. The molecule has 9 heteroatoms. The molecule has 0 aliphatic rings. The van der Waals surface area contributed by atoms with Gasteiger partial charge in [-0.15, -0.1) is 0 Å². The predicted octanol–water partition coefficient (Wildman–Crippen LogP) is 15.7. The molecule has 0 amide bonds. The molecule has 6 aromatic heterocycles. The van der Waals surface area contributed by atoms with Crippen molar-refractivity contribution in [1.82, 2.24) is 43.4 Å². The Morgan fingerprint density at radius 2 is 0.613 bits per heavy atom. The molecule has 0 unspecified atom stereocenters. The van der Waals surface area contributed by atoms with Crippen molar-refractivity contribution in [3.8, 4) is 68.6 Å². The second kappa shape index (κ2) is 16.1. The van der Waals surface area contributed by atoms with E-state index >= 15 is 0 Å². The summed E-state index contributed by atoms with van der Waals surface area (Å²) in [7, 11) is 0. The van der Waals surface area contributed by atoms with Crippen LogP contribution in [0.5, 0.6) is 0 Å². The van der Waals surface area contributed by atoms with Crippen LogP contribution in [-0.2, 0) is 0 Å². The van der Waals surface area contributed by atoms with E-state index in [-0.39, 0.29) is 0 Å². The van der Waals surface area contributed by atoms with Crippen LogP contribution in [0.3, 0.4) is 0 Å². The molecule has 0 radical (unpaired) electrons. The van der Waals surface area contributed by atoms with Gasteiger partial charge in [0.1, 0.15) is 0 Å². The van der Waals surface area contributed by atoms with Gasteiger partial charge < -0.3 is 8.97 Å². The van der Waals surface area contributed by atoms with Crippen LogP contribution in [0.25, 0.3) is 150 Å². The van der Waals surface area contributed by atoms with E-state index in [2.05, 4.69) is 171 Å². The van der Waals surface area contributed by atoms with Crippen molar-refractivity contribution in [2.24, 2.45) is 0 Å². The molecule has 0 saturated heterocycles. The van der Waals surface area contributed by atoms with Crippen LogP contribution in [0.2, 0.25) is 0 Å². The lowest BCUT2D eigenvalue weighted by atomic mass is 10.0. The fraction of sp³-hybridized carbons (Fsp3) is 0. The van der Waals surface area contributed by atoms with Crippen molar-refractivity contribution in [3.05, 3.63) is 237 Å². The largest absolute Gasteiger partial charge is 0.308 e. The number of aromatic nitrogens is 9. The molecule has 6 heterocycles. The first-order valence-electron chi connectivity index (χ1n) is 25.1. The van der Waals surface area contributed by atoms with Gasteiger partial charge in [-0.25, -0.2) is 19.9 Å². The fourth-order valence-corrected chi connectivity index (χ4v) is 11.6. The van der Waals surface area contributed by atoms with Crippen LogP contribution in [0.4, 0.5) is 0 Å². The third-order valence-corrected chi connectivity index (χ3v) is 14.9. The lowest BCUT2D eigenvalue weighted by molar-refractivity contribution is 0.954. The molecule has 16 rings (SSSR count). The van der Waals surface area contributed by atoms with Gasteiger partial charge in [0.15, 0.2) is 29.1 Å². The maximum absolute atomic E-state index is 5.58. The quantitative estimate of drug-likeness (QED) is 0.158. The molecular formula is C66H39N9. The molecule has 0 spiro atoms. The van der Waals surface area contributed by atoms with Crippen LogP contribution >= 0.6 is 0 Å². The summed E-state index contributed by atoms with van der Waals surface area (Å²) in [5.41, 5.74) is 13.2. The Hall–Kier alpha value is -10.4. The van der Waals surface area contributed by atoms with E-state index in [0.29, 0.717) is 35.1 Å². The highest BCUT2D eigenvalue weighted by Gasteiger charge is 2.26. The predicted molar refractivity (Wildman–Crippen MR) is 304 cm³/mol. The number of para-hydroxylation sites is 4. The third kappa shape index (κ3) is 6.25. The first-order valence-corrected chi connectivity index (χ1v) is 25.1. The monoisotopic (exact) mass is 957 g/mol. The smallest absolute Gasteiger partial charge is 0.238 e. The van der Waals surface area contributed by atoms with Crippen molar-refractivity contribution in [1.29, 1.82) is 0 Å². The number of nitrogens with zero attached hydrogens (tertiary/aromatic N) is 9. The average molecular weight is 958 g/mol. The highest BCUT2D eigenvalue weighted by Crippen LogP contribution is 2.44. The highest BCUT2D eigenvalue weighted by atomic mass is 15.2. The number of rotatable bonds is 7. The van der Waals surface area contributed by atoms with Gasteiger partial charge in [0.25, 0.3) is 0 Å². The molecular weight excluding hydrogens is 919 g/mol. The summed E-state index contributed by atoms with van der Waals surface area (Å²) < 4.78 is 7.04. The summed E-state index contributed by atoms with van der Waals surface area (Å²) in [5, 5.41) is 9.01. The minimum absolute atomic E-state index is 0.536. The molecule has 0 atom stereocenters. The Bertz CT molecular complexity index is 4870. The molecule has 0 aliphatic heterocycles. The Morgan fingerprint density at radius 3 is 1.16 bits per heavy atom. The van der Waals surface area contributed by atoms with E-state index in [1.807, 2.05) is 78.9 Å². The second-order valence-electron chi connectivity index (χ2n) is 19.1. The first kappa shape index (κ1) is 41.3. The summed E-state index contributed by atoms with van der Waals surface area (Å²) >= 11 is 0. The second-order valence-corrected chi connectivity index (χ2v) is 19.1. The molecule has 0 saturated carbocycles. The Kier molecular flexibility index (Phi) is 8.84. The van der Waals surface area contributed by atoms with Crippen LogP contribution in [0.15, 0.2) is 237 Å². The van der Waals surface area contributed by atoms with Crippen molar-refractivity contribution in [2.75, 3.05) is 0 Å². The molecule has 10 aromatic carbocycles. The van der Waals surface area contributed by atoms with Gasteiger partial charge in [-0.2, -0.15) is 9.97 Å². The zero-order chi connectivity index (χ0) is 49.1. The average Bonchev–Trinajstić information content (AvgIpc) is 4.25. The summed E-state index contributed by atoms with van der Waals surface area (Å²) in [6.45, 7) is 0. The van der Waals surface area contributed by atoms with E-state index in [1.54, 1.807) is 0 Å². The SMILES string of the molecule is c1ccc(-c2nc(-c3ccccc3)nc(-c3ccc4c5cc(-c6nc(-c7ccccc7)nc(-n7c8ccccc8c8ccc9c%10ccccc%10n(-c%10ccccc%10)c9c87)n6)cc6c7ccccc7n(c4c3)c65)n2)cc1. The van der Waals surface area contributed by atoms with E-state index < -0.39 is 0 Å². The van der Waals surface area contributed by atoms with Crippen LogP contribution < -0.4 is 0 Å². The number of hydrogen-bond acceptors (Lipinski definition) is 6. The molecule has 75 heavy (non-hydrogen) atoms. The standard InChI is InChI=1S/C66H39N9/c1-5-19-40(20-6-1)61-67-62(41-21-7-2-8-22-41)69-64(68-61)43-33-34-49-53-38-44(37-52-48-29-15-17-31-55(48)74(58(52)53)57(49)39-43)65-70-63(42-23-9-3-10-24-42)71-66(72-65)75-56-32-18-14-28-47(56)51-36-35-50-46-27-13-16-30-54(46)73(59(50)60(51)75)45-25-11-4-12-26-45/h1-39H. The summed E-state index contributed by atoms with van der Waals surface area (Å²) in [4.78, 5) is 31.6. The summed E-state index contributed by atoms with van der Waals surface area (Å²) in [6, 6.07) is 82.6. The van der Waals surface area contributed by atoms with Crippen LogP contribution in [0, 0.1) is 0 Å². The van der Waals surface area contributed by atoms with Crippen molar-refractivity contribution < 1.29 is 0 Å². The number of fused-ring (bicyclic) bond motifs is 13. The maximum Gasteiger partial charge on any atom is 0.238 e. The van der Waals surface area contributed by atoms with Gasteiger partial charge in [-0.3, -0.25) is 4.57 Å². The summed E-state index contributed by atoms with van der Waals surface area (Å²) in [6.07, 6.45) is 0. The highest BCUT2D eigenvalue weighted by molar-refractivity contribution is 6.25. The zero-order valence-electron chi connectivity index (χ0n) is 40.0. The fourth-order valence-electron chi connectivity index (χ4n) is 11.6. The molecule has 0 bridgehead atoms. The van der Waals surface area contributed by atoms with Crippen molar-refractivity contribution in [2.45, 2.75) is 0 Å². The Balaban J connectivity index is 0.956. The van der Waals surface area contributed by atoms with Gasteiger partial charge in [0.05, 0.1) is 38.6 Å². The molecule has 0 fully saturated rings. The van der Waals surface area contributed by atoms with Crippen LogP contribution in [0.1, 0.15) is 0 Å². The van der Waals surface area contributed by atoms with Gasteiger partial charge in [-0.05, 0) is 48.5 Å². The van der Waals surface area contributed by atoms with E-state index in [0.717, 1.165) is 110 Å². The van der Waals surface area contributed by atoms with Gasteiger partial charge >= 0.3 is 0 Å².